The van der Waals surface area contributed by atoms with Gasteiger partial charge in [0.05, 0.1) is 29.0 Å². The number of hydrogen-bond donors (Lipinski definition) is 1. The molecule has 0 aliphatic carbocycles. The number of carbonyl (C=O) groups is 2. The Morgan fingerprint density at radius 1 is 1.40 bits per heavy atom. The van der Waals surface area contributed by atoms with Gasteiger partial charge < -0.3 is 5.73 Å². The first-order valence-corrected chi connectivity index (χ1v) is 7.21. The van der Waals surface area contributed by atoms with Gasteiger partial charge in [0.2, 0.25) is 11.8 Å². The number of amides is 2. The summed E-state index contributed by atoms with van der Waals surface area (Å²) in [5.74, 6) is -0.533. The number of aryl methyl sites for hydroxylation is 2. The number of piperidine rings is 1. The molecular formula is C13H19ClN4O2. The fourth-order valence-corrected chi connectivity index (χ4v) is 2.67. The van der Waals surface area contributed by atoms with Crippen molar-refractivity contribution in [3.05, 3.63) is 16.4 Å². The molecule has 0 saturated carbocycles. The van der Waals surface area contributed by atoms with Gasteiger partial charge >= 0.3 is 0 Å². The van der Waals surface area contributed by atoms with Crippen molar-refractivity contribution >= 4 is 23.4 Å². The molecule has 1 aliphatic heterocycles. The lowest BCUT2D eigenvalue weighted by Crippen LogP contribution is -2.50. The minimum absolute atomic E-state index is 0.144. The van der Waals surface area contributed by atoms with Crippen molar-refractivity contribution in [2.24, 2.45) is 5.73 Å². The van der Waals surface area contributed by atoms with Crippen molar-refractivity contribution < 1.29 is 9.59 Å². The van der Waals surface area contributed by atoms with Crippen molar-refractivity contribution in [1.29, 1.82) is 0 Å². The highest BCUT2D eigenvalue weighted by Crippen LogP contribution is 2.24. The van der Waals surface area contributed by atoms with Crippen LogP contribution in [0, 0.1) is 0 Å². The molecule has 1 saturated heterocycles. The lowest BCUT2D eigenvalue weighted by molar-refractivity contribution is -0.150. The predicted molar refractivity (Wildman–Crippen MR) is 75.1 cm³/mol. The van der Waals surface area contributed by atoms with Crippen molar-refractivity contribution in [2.45, 2.75) is 52.2 Å². The van der Waals surface area contributed by atoms with E-state index in [1.165, 1.54) is 4.90 Å². The zero-order valence-corrected chi connectivity index (χ0v) is 12.5. The molecule has 2 rings (SSSR count). The molecule has 0 bridgehead atoms. The Labute approximate surface area is 122 Å². The van der Waals surface area contributed by atoms with Crippen LogP contribution in [-0.4, -0.2) is 32.5 Å². The molecule has 2 amide bonds. The molecule has 110 valence electrons. The summed E-state index contributed by atoms with van der Waals surface area (Å²) in [6.07, 6.45) is 1.42. The molecule has 0 radical (unpaired) electrons. The van der Waals surface area contributed by atoms with Gasteiger partial charge in [0.15, 0.2) is 0 Å². The SMILES string of the molecule is CCc1nn(CC)c(CN2C(=O)CCC(N)C2=O)c1Cl. The van der Waals surface area contributed by atoms with E-state index in [1.54, 1.807) is 4.68 Å². The van der Waals surface area contributed by atoms with Gasteiger partial charge in [-0.1, -0.05) is 18.5 Å². The van der Waals surface area contributed by atoms with Gasteiger partial charge in [-0.25, -0.2) is 0 Å². The van der Waals surface area contributed by atoms with Gasteiger partial charge in [-0.2, -0.15) is 5.10 Å². The second-order valence-corrected chi connectivity index (χ2v) is 5.22. The Morgan fingerprint density at radius 3 is 2.70 bits per heavy atom. The monoisotopic (exact) mass is 298 g/mol. The molecular weight excluding hydrogens is 280 g/mol. The Kier molecular flexibility index (Phi) is 4.45. The van der Waals surface area contributed by atoms with E-state index in [-0.39, 0.29) is 18.4 Å². The number of nitrogens with two attached hydrogens (primary N) is 1. The molecule has 1 aromatic rings. The van der Waals surface area contributed by atoms with E-state index in [1.807, 2.05) is 13.8 Å². The van der Waals surface area contributed by atoms with Gasteiger partial charge in [-0.05, 0) is 19.8 Å². The number of likely N-dealkylation sites (tertiary alicyclic amines) is 1. The highest BCUT2D eigenvalue weighted by atomic mass is 35.5. The number of halogens is 1. The number of hydrogen-bond acceptors (Lipinski definition) is 4. The topological polar surface area (TPSA) is 81.2 Å². The third-order valence-corrected chi connectivity index (χ3v) is 3.99. The summed E-state index contributed by atoms with van der Waals surface area (Å²) < 4.78 is 1.74. The standard InChI is InChI=1S/C13H19ClN4O2/c1-3-9-12(14)10(18(4-2)16-9)7-17-11(19)6-5-8(15)13(17)20/h8H,3-7,15H2,1-2H3. The molecule has 1 fully saturated rings. The predicted octanol–water partition coefficient (Wildman–Crippen LogP) is 1.10. The average Bonchev–Trinajstić information content (AvgIpc) is 2.75. The van der Waals surface area contributed by atoms with Gasteiger partial charge in [0.25, 0.3) is 0 Å². The first-order valence-electron chi connectivity index (χ1n) is 6.83. The molecule has 7 heteroatoms. The van der Waals surface area contributed by atoms with Gasteiger partial charge in [0.1, 0.15) is 0 Å². The Hall–Kier alpha value is -1.40. The Balaban J connectivity index is 2.31. The minimum atomic E-state index is -0.602. The van der Waals surface area contributed by atoms with Crippen LogP contribution in [0.2, 0.25) is 5.02 Å². The number of aromatic nitrogens is 2. The summed E-state index contributed by atoms with van der Waals surface area (Å²) in [5, 5.41) is 4.92. The van der Waals surface area contributed by atoms with E-state index in [0.717, 1.165) is 5.69 Å². The third-order valence-electron chi connectivity index (χ3n) is 3.56. The smallest absolute Gasteiger partial charge is 0.246 e. The molecule has 6 nitrogen and oxygen atoms in total. The molecule has 2 N–H and O–H groups in total. The van der Waals surface area contributed by atoms with E-state index >= 15 is 0 Å². The largest absolute Gasteiger partial charge is 0.320 e. The van der Waals surface area contributed by atoms with Crippen LogP contribution in [0.5, 0.6) is 0 Å². The second-order valence-electron chi connectivity index (χ2n) is 4.84. The maximum absolute atomic E-state index is 12.0. The minimum Gasteiger partial charge on any atom is -0.320 e. The van der Waals surface area contributed by atoms with Crippen LogP contribution in [-0.2, 0) is 29.1 Å². The molecule has 0 spiro atoms. The molecule has 1 aliphatic rings. The highest BCUT2D eigenvalue weighted by Gasteiger charge is 2.33. The fourth-order valence-electron chi connectivity index (χ4n) is 2.34. The van der Waals surface area contributed by atoms with Crippen molar-refractivity contribution in [1.82, 2.24) is 14.7 Å². The van der Waals surface area contributed by atoms with E-state index in [2.05, 4.69) is 5.10 Å². The van der Waals surface area contributed by atoms with Crippen LogP contribution in [0.1, 0.15) is 38.1 Å². The first kappa shape index (κ1) is 15.0. The molecule has 20 heavy (non-hydrogen) atoms. The maximum atomic E-state index is 12.0. The second kappa shape index (κ2) is 5.93. The van der Waals surface area contributed by atoms with Crippen LogP contribution >= 0.6 is 11.6 Å². The van der Waals surface area contributed by atoms with Crippen LogP contribution in [0.15, 0.2) is 0 Å². The molecule has 1 unspecified atom stereocenters. The average molecular weight is 299 g/mol. The van der Waals surface area contributed by atoms with Gasteiger partial charge in [-0.15, -0.1) is 0 Å². The number of carbonyl (C=O) groups excluding carboxylic acids is 2. The molecule has 0 aromatic carbocycles. The fraction of sp³-hybridized carbons (Fsp3) is 0.615. The molecule has 1 aromatic heterocycles. The zero-order chi connectivity index (χ0) is 14.9. The number of nitrogens with zero attached hydrogens (tertiary/aromatic N) is 3. The quantitative estimate of drug-likeness (QED) is 0.844. The van der Waals surface area contributed by atoms with Gasteiger partial charge in [-0.3, -0.25) is 19.2 Å². The number of imide groups is 1. The lowest BCUT2D eigenvalue weighted by Gasteiger charge is -2.28. The van der Waals surface area contributed by atoms with Crippen molar-refractivity contribution in [3.8, 4) is 0 Å². The van der Waals surface area contributed by atoms with Gasteiger partial charge in [0, 0.05) is 13.0 Å². The Morgan fingerprint density at radius 2 is 2.10 bits per heavy atom. The van der Waals surface area contributed by atoms with Crippen molar-refractivity contribution in [3.63, 3.8) is 0 Å². The first-order chi connectivity index (χ1) is 9.49. The lowest BCUT2D eigenvalue weighted by atomic mass is 10.0. The molecule has 2 heterocycles. The van der Waals surface area contributed by atoms with E-state index in [4.69, 9.17) is 17.3 Å². The summed E-state index contributed by atoms with van der Waals surface area (Å²) in [6.45, 7) is 4.69. The van der Waals surface area contributed by atoms with E-state index in [0.29, 0.717) is 36.5 Å². The maximum Gasteiger partial charge on any atom is 0.246 e. The summed E-state index contributed by atoms with van der Waals surface area (Å²) in [7, 11) is 0. The van der Waals surface area contributed by atoms with E-state index < -0.39 is 6.04 Å². The normalized spacial score (nSPS) is 19.8. The Bertz CT molecular complexity index is 541. The number of rotatable bonds is 4. The van der Waals surface area contributed by atoms with Crippen LogP contribution in [0.3, 0.4) is 0 Å². The summed E-state index contributed by atoms with van der Waals surface area (Å²) in [4.78, 5) is 25.2. The highest BCUT2D eigenvalue weighted by molar-refractivity contribution is 6.32. The summed E-state index contributed by atoms with van der Waals surface area (Å²) >= 11 is 6.30. The van der Waals surface area contributed by atoms with Crippen molar-refractivity contribution in [2.75, 3.05) is 0 Å². The van der Waals surface area contributed by atoms with E-state index in [9.17, 15) is 9.59 Å². The molecule has 1 atom stereocenters. The third kappa shape index (κ3) is 2.58. The summed E-state index contributed by atoms with van der Waals surface area (Å²) in [5.41, 5.74) is 7.20. The summed E-state index contributed by atoms with van der Waals surface area (Å²) in [6, 6.07) is -0.602. The zero-order valence-electron chi connectivity index (χ0n) is 11.7. The van der Waals surface area contributed by atoms with Crippen LogP contribution in [0.25, 0.3) is 0 Å². The van der Waals surface area contributed by atoms with Crippen LogP contribution < -0.4 is 5.73 Å². The van der Waals surface area contributed by atoms with Crippen LogP contribution in [0.4, 0.5) is 0 Å².